The van der Waals surface area contributed by atoms with Crippen molar-refractivity contribution in [2.45, 2.75) is 76.2 Å². The molecule has 26 heavy (non-hydrogen) atoms. The van der Waals surface area contributed by atoms with Gasteiger partial charge in [-0.15, -0.1) is 10.2 Å². The van der Waals surface area contributed by atoms with E-state index in [-0.39, 0.29) is 11.2 Å². The van der Waals surface area contributed by atoms with Crippen LogP contribution >= 0.6 is 11.8 Å². The molecule has 6 heteroatoms. The second kappa shape index (κ2) is 8.25. The molecule has 1 heterocycles. The highest BCUT2D eigenvalue weighted by atomic mass is 32.2. The van der Waals surface area contributed by atoms with Crippen LogP contribution in [0.15, 0.2) is 23.4 Å². The second-order valence-electron chi connectivity index (χ2n) is 7.21. The molecule has 1 amide bonds. The number of aryl methyl sites for hydroxylation is 3. The Labute approximate surface area is 160 Å². The molecule has 0 radical (unpaired) electrons. The van der Waals surface area contributed by atoms with Gasteiger partial charge in [-0.05, 0) is 51.7 Å². The number of carbonyl (C=O) groups excluding carboxylic acids is 1. The summed E-state index contributed by atoms with van der Waals surface area (Å²) in [5.41, 5.74) is 3.07. The van der Waals surface area contributed by atoms with Crippen molar-refractivity contribution in [1.82, 2.24) is 14.8 Å². The third-order valence-corrected chi connectivity index (χ3v) is 6.21. The summed E-state index contributed by atoms with van der Waals surface area (Å²) in [5.74, 6) is 0.949. The summed E-state index contributed by atoms with van der Waals surface area (Å²) >= 11 is 1.50. The minimum Gasteiger partial charge on any atom is -0.325 e. The van der Waals surface area contributed by atoms with E-state index < -0.39 is 0 Å². The van der Waals surface area contributed by atoms with E-state index >= 15 is 0 Å². The van der Waals surface area contributed by atoms with Crippen molar-refractivity contribution >= 4 is 23.4 Å². The van der Waals surface area contributed by atoms with E-state index in [1.165, 1.54) is 43.9 Å². The van der Waals surface area contributed by atoms with Crippen molar-refractivity contribution < 1.29 is 4.79 Å². The van der Waals surface area contributed by atoms with E-state index in [1.54, 1.807) is 0 Å². The normalized spacial score (nSPS) is 16.5. The highest BCUT2D eigenvalue weighted by Crippen LogP contribution is 2.34. The average molecular weight is 373 g/mol. The Hall–Kier alpha value is -1.82. The fourth-order valence-corrected chi connectivity index (χ4v) is 4.60. The third kappa shape index (κ3) is 4.11. The van der Waals surface area contributed by atoms with Crippen molar-refractivity contribution in [3.05, 3.63) is 35.2 Å². The molecule has 1 atom stereocenters. The first-order valence-electron chi connectivity index (χ1n) is 9.42. The van der Waals surface area contributed by atoms with Crippen LogP contribution in [-0.2, 0) is 4.79 Å². The van der Waals surface area contributed by atoms with E-state index in [0.717, 1.165) is 27.8 Å². The van der Waals surface area contributed by atoms with Gasteiger partial charge in [0.1, 0.15) is 5.82 Å². The number of hydrogen-bond acceptors (Lipinski definition) is 4. The monoisotopic (exact) mass is 372 g/mol. The maximum Gasteiger partial charge on any atom is 0.237 e. The number of thioether (sulfide) groups is 1. The summed E-state index contributed by atoms with van der Waals surface area (Å²) in [7, 11) is 0. The molecule has 3 rings (SSSR count). The zero-order valence-electron chi connectivity index (χ0n) is 16.1. The number of amides is 1. The Morgan fingerprint density at radius 3 is 2.46 bits per heavy atom. The first kappa shape index (κ1) is 19.0. The smallest absolute Gasteiger partial charge is 0.237 e. The molecular weight excluding hydrogens is 344 g/mol. The lowest BCUT2D eigenvalue weighted by Crippen LogP contribution is -2.24. The largest absolute Gasteiger partial charge is 0.325 e. The van der Waals surface area contributed by atoms with Crippen LogP contribution in [-0.4, -0.2) is 25.9 Å². The Morgan fingerprint density at radius 1 is 1.15 bits per heavy atom. The highest BCUT2D eigenvalue weighted by Gasteiger charge is 2.24. The molecule has 0 aliphatic heterocycles. The van der Waals surface area contributed by atoms with Crippen molar-refractivity contribution in [1.29, 1.82) is 0 Å². The van der Waals surface area contributed by atoms with Gasteiger partial charge in [0, 0.05) is 11.7 Å². The van der Waals surface area contributed by atoms with Gasteiger partial charge in [0.2, 0.25) is 5.91 Å². The van der Waals surface area contributed by atoms with Crippen LogP contribution in [0.3, 0.4) is 0 Å². The predicted molar refractivity (Wildman–Crippen MR) is 107 cm³/mol. The van der Waals surface area contributed by atoms with Gasteiger partial charge < -0.3 is 9.88 Å². The molecule has 0 spiro atoms. The maximum absolute atomic E-state index is 12.7. The first-order chi connectivity index (χ1) is 12.5. The van der Waals surface area contributed by atoms with Crippen molar-refractivity contribution in [2.75, 3.05) is 5.32 Å². The number of anilines is 1. The van der Waals surface area contributed by atoms with E-state index in [0.29, 0.717) is 6.04 Å². The van der Waals surface area contributed by atoms with E-state index in [4.69, 9.17) is 0 Å². The van der Waals surface area contributed by atoms with Gasteiger partial charge in [-0.2, -0.15) is 0 Å². The number of benzene rings is 1. The predicted octanol–water partition coefficient (Wildman–Crippen LogP) is 4.83. The van der Waals surface area contributed by atoms with Crippen LogP contribution in [0, 0.1) is 20.8 Å². The summed E-state index contributed by atoms with van der Waals surface area (Å²) in [5, 5.41) is 12.3. The number of aromatic nitrogens is 3. The summed E-state index contributed by atoms with van der Waals surface area (Å²) in [6.45, 7) is 7.98. The molecule has 5 nitrogen and oxygen atoms in total. The minimum absolute atomic E-state index is 0.00301. The lowest BCUT2D eigenvalue weighted by molar-refractivity contribution is -0.115. The van der Waals surface area contributed by atoms with Crippen molar-refractivity contribution in [2.24, 2.45) is 0 Å². The van der Waals surface area contributed by atoms with E-state index in [2.05, 4.69) is 20.1 Å². The lowest BCUT2D eigenvalue weighted by atomic mass is 9.95. The molecule has 1 aromatic carbocycles. The molecule has 1 fully saturated rings. The highest BCUT2D eigenvalue weighted by molar-refractivity contribution is 8.00. The van der Waals surface area contributed by atoms with E-state index in [1.807, 2.05) is 45.9 Å². The molecule has 1 unspecified atom stereocenters. The van der Waals surface area contributed by atoms with Gasteiger partial charge in [0.15, 0.2) is 5.16 Å². The zero-order chi connectivity index (χ0) is 18.7. The summed E-state index contributed by atoms with van der Waals surface area (Å²) < 4.78 is 2.24. The molecule has 1 aliphatic carbocycles. The average Bonchev–Trinajstić information content (AvgIpc) is 2.99. The third-order valence-electron chi connectivity index (χ3n) is 5.16. The van der Waals surface area contributed by atoms with Gasteiger partial charge in [0.05, 0.1) is 5.25 Å². The molecule has 0 saturated heterocycles. The lowest BCUT2D eigenvalue weighted by Gasteiger charge is -2.25. The van der Waals surface area contributed by atoms with Gasteiger partial charge in [-0.3, -0.25) is 4.79 Å². The van der Waals surface area contributed by atoms with Crippen LogP contribution in [0.4, 0.5) is 5.69 Å². The fourth-order valence-electron chi connectivity index (χ4n) is 3.64. The minimum atomic E-state index is -0.236. The Bertz CT molecular complexity index is 760. The van der Waals surface area contributed by atoms with Gasteiger partial charge in [0.25, 0.3) is 0 Å². The molecular formula is C20H28N4OS. The SMILES string of the molecule is Cc1cccc(C)c1NC(=O)C(C)Sc1nnc(C)n1C1CCCCC1. The number of hydrogen-bond donors (Lipinski definition) is 1. The summed E-state index contributed by atoms with van der Waals surface area (Å²) in [6, 6.07) is 6.51. The molecule has 1 saturated carbocycles. The molecule has 0 bridgehead atoms. The van der Waals surface area contributed by atoms with Gasteiger partial charge in [-0.1, -0.05) is 49.2 Å². The van der Waals surface area contributed by atoms with Crippen molar-refractivity contribution in [3.63, 3.8) is 0 Å². The maximum atomic E-state index is 12.7. The molecule has 1 N–H and O–H groups in total. The second-order valence-corrected chi connectivity index (χ2v) is 8.52. The molecule has 2 aromatic rings. The Kier molecular flexibility index (Phi) is 6.01. The standard InChI is InChI=1S/C20H28N4OS/c1-13-9-8-10-14(2)18(13)21-19(25)15(3)26-20-23-22-16(4)24(20)17-11-6-5-7-12-17/h8-10,15,17H,5-7,11-12H2,1-4H3,(H,21,25). The first-order valence-corrected chi connectivity index (χ1v) is 10.3. The van der Waals surface area contributed by atoms with Crippen molar-refractivity contribution in [3.8, 4) is 0 Å². The summed E-state index contributed by atoms with van der Waals surface area (Å²) in [6.07, 6.45) is 6.18. The fraction of sp³-hybridized carbons (Fsp3) is 0.550. The molecule has 1 aliphatic rings. The molecule has 140 valence electrons. The zero-order valence-corrected chi connectivity index (χ0v) is 16.9. The molecule has 1 aromatic heterocycles. The Balaban J connectivity index is 1.72. The van der Waals surface area contributed by atoms with Crippen LogP contribution in [0.5, 0.6) is 0 Å². The number of nitrogens with one attached hydrogen (secondary N) is 1. The number of nitrogens with zero attached hydrogens (tertiary/aromatic N) is 3. The van der Waals surface area contributed by atoms with Gasteiger partial charge in [-0.25, -0.2) is 0 Å². The topological polar surface area (TPSA) is 59.8 Å². The quantitative estimate of drug-likeness (QED) is 0.764. The van der Waals surface area contributed by atoms with Gasteiger partial charge >= 0.3 is 0 Å². The van der Waals surface area contributed by atoms with Crippen LogP contribution in [0.2, 0.25) is 0 Å². The number of para-hydroxylation sites is 1. The van der Waals surface area contributed by atoms with Crippen LogP contribution in [0.1, 0.15) is 62.0 Å². The summed E-state index contributed by atoms with van der Waals surface area (Å²) in [4.78, 5) is 12.7. The number of rotatable bonds is 5. The van der Waals surface area contributed by atoms with Crippen LogP contribution in [0.25, 0.3) is 0 Å². The Morgan fingerprint density at radius 2 is 1.81 bits per heavy atom. The number of carbonyl (C=O) groups is 1. The van der Waals surface area contributed by atoms with Crippen LogP contribution < -0.4 is 5.32 Å². The van der Waals surface area contributed by atoms with E-state index in [9.17, 15) is 4.79 Å².